The van der Waals surface area contributed by atoms with Gasteiger partial charge in [-0.2, -0.15) is 0 Å². The highest BCUT2D eigenvalue weighted by Gasteiger charge is 2.23. The Labute approximate surface area is 152 Å². The van der Waals surface area contributed by atoms with E-state index in [9.17, 15) is 5.11 Å². The van der Waals surface area contributed by atoms with Gasteiger partial charge in [-0.15, -0.1) is 0 Å². The molecule has 0 radical (unpaired) electrons. The lowest BCUT2D eigenvalue weighted by atomic mass is 10.1. The van der Waals surface area contributed by atoms with Gasteiger partial charge in [0.15, 0.2) is 0 Å². The van der Waals surface area contributed by atoms with Crippen LogP contribution in [0.25, 0.3) is 10.8 Å². The van der Waals surface area contributed by atoms with Gasteiger partial charge in [0.2, 0.25) is 0 Å². The predicted octanol–water partition coefficient (Wildman–Crippen LogP) is 1.90. The van der Waals surface area contributed by atoms with E-state index < -0.39 is 6.10 Å². The molecule has 0 saturated carbocycles. The molecule has 3 aromatic rings. The van der Waals surface area contributed by atoms with Crippen LogP contribution >= 0.6 is 0 Å². The predicted molar refractivity (Wildman–Crippen MR) is 104 cm³/mol. The topological polar surface area (TPSA) is 78.5 Å². The number of nitrogen functional groups attached to an aromatic ring is 1. The molecule has 1 saturated heterocycles. The summed E-state index contributed by atoms with van der Waals surface area (Å²) in [5.74, 6) is 1.49. The van der Waals surface area contributed by atoms with Crippen molar-refractivity contribution in [2.75, 3.05) is 36.8 Å². The van der Waals surface area contributed by atoms with Crippen molar-refractivity contribution in [3.63, 3.8) is 0 Å². The largest absolute Gasteiger partial charge is 0.390 e. The Hall–Kier alpha value is -2.70. The first kappa shape index (κ1) is 16.8. The minimum atomic E-state index is -0.448. The molecule has 1 unspecified atom stereocenters. The lowest BCUT2D eigenvalue weighted by Crippen LogP contribution is -2.33. The third-order valence-electron chi connectivity index (χ3n) is 4.86. The second-order valence-electron chi connectivity index (χ2n) is 6.74. The van der Waals surface area contributed by atoms with E-state index in [0.29, 0.717) is 25.5 Å². The number of aromatic nitrogens is 2. The molecule has 1 atom stereocenters. The first-order valence-electron chi connectivity index (χ1n) is 8.89. The summed E-state index contributed by atoms with van der Waals surface area (Å²) >= 11 is 0. The van der Waals surface area contributed by atoms with E-state index in [1.807, 2.05) is 36.5 Å². The Morgan fingerprint density at radius 1 is 1.00 bits per heavy atom. The smallest absolute Gasteiger partial charge is 0.136 e. The van der Waals surface area contributed by atoms with Crippen LogP contribution in [-0.2, 0) is 6.54 Å². The van der Waals surface area contributed by atoms with E-state index in [1.165, 1.54) is 0 Å². The van der Waals surface area contributed by atoms with E-state index in [0.717, 1.165) is 35.2 Å². The minimum absolute atomic E-state index is 0.448. The van der Waals surface area contributed by atoms with Gasteiger partial charge >= 0.3 is 0 Å². The number of fused-ring (bicyclic) bond motifs is 1. The highest BCUT2D eigenvalue weighted by Crippen LogP contribution is 2.25. The quantitative estimate of drug-likeness (QED) is 0.752. The maximum atomic E-state index is 10.6. The van der Waals surface area contributed by atoms with Gasteiger partial charge in [0.25, 0.3) is 0 Å². The van der Waals surface area contributed by atoms with Crippen LogP contribution in [-0.4, -0.2) is 52.3 Å². The average molecular weight is 349 g/mol. The average Bonchev–Trinajstić information content (AvgIpc) is 2.84. The van der Waals surface area contributed by atoms with Crippen molar-refractivity contribution in [3.8, 4) is 0 Å². The molecule has 0 bridgehead atoms. The number of nitrogens with zero attached hydrogens (tertiary/aromatic N) is 4. The van der Waals surface area contributed by atoms with Crippen molar-refractivity contribution in [1.82, 2.24) is 14.9 Å². The Balaban J connectivity index is 1.55. The van der Waals surface area contributed by atoms with Crippen LogP contribution in [0, 0.1) is 0 Å². The molecule has 1 aliphatic rings. The molecule has 0 spiro atoms. The number of aliphatic hydroxyl groups excluding tert-OH is 1. The van der Waals surface area contributed by atoms with Crippen LogP contribution in [0.3, 0.4) is 0 Å². The SMILES string of the molecule is Nc1ncccc1CN1CCN(c2nccc3ccccc23)CC(O)C1. The fourth-order valence-corrected chi connectivity index (χ4v) is 3.57. The first-order chi connectivity index (χ1) is 12.7. The van der Waals surface area contributed by atoms with Crippen LogP contribution < -0.4 is 10.6 Å². The molecular formula is C20H23N5O. The molecular weight excluding hydrogens is 326 g/mol. The maximum Gasteiger partial charge on any atom is 0.136 e. The van der Waals surface area contributed by atoms with E-state index in [4.69, 9.17) is 5.73 Å². The summed E-state index contributed by atoms with van der Waals surface area (Å²) in [7, 11) is 0. The third kappa shape index (κ3) is 3.47. The minimum Gasteiger partial charge on any atom is -0.390 e. The first-order valence-corrected chi connectivity index (χ1v) is 8.89. The highest BCUT2D eigenvalue weighted by molar-refractivity contribution is 5.92. The molecule has 3 heterocycles. The van der Waals surface area contributed by atoms with Gasteiger partial charge in [-0.3, -0.25) is 4.90 Å². The standard InChI is InChI=1S/C20H23N5O/c21-19-16(5-3-8-22-19)12-24-10-11-25(14-17(26)13-24)20-18-6-2-1-4-15(18)7-9-23-20/h1-9,17,26H,10-14H2,(H2,21,22). The zero-order valence-electron chi connectivity index (χ0n) is 14.6. The molecule has 0 aliphatic carbocycles. The van der Waals surface area contributed by atoms with Gasteiger partial charge in [-0.25, -0.2) is 9.97 Å². The number of nitrogens with two attached hydrogens (primary N) is 1. The summed E-state index contributed by atoms with van der Waals surface area (Å²) in [6.07, 6.45) is 3.09. The summed E-state index contributed by atoms with van der Waals surface area (Å²) in [6.45, 7) is 3.50. The monoisotopic (exact) mass is 349 g/mol. The number of hydrogen-bond acceptors (Lipinski definition) is 6. The number of rotatable bonds is 3. The molecule has 1 aliphatic heterocycles. The van der Waals surface area contributed by atoms with Crippen molar-refractivity contribution in [3.05, 3.63) is 60.4 Å². The third-order valence-corrected chi connectivity index (χ3v) is 4.86. The number of aliphatic hydroxyl groups is 1. The summed E-state index contributed by atoms with van der Waals surface area (Å²) in [5.41, 5.74) is 6.97. The van der Waals surface area contributed by atoms with Gasteiger partial charge in [0, 0.05) is 56.1 Å². The molecule has 26 heavy (non-hydrogen) atoms. The number of β-amino-alcohol motifs (C(OH)–C–C–N with tert-alkyl or cyclic N) is 1. The van der Waals surface area contributed by atoms with Gasteiger partial charge in [0.1, 0.15) is 11.6 Å². The Kier molecular flexibility index (Phi) is 4.69. The van der Waals surface area contributed by atoms with Crippen LogP contribution in [0.2, 0.25) is 0 Å². The molecule has 6 nitrogen and oxygen atoms in total. The van der Waals surface area contributed by atoms with Crippen molar-refractivity contribution >= 4 is 22.4 Å². The van der Waals surface area contributed by atoms with Crippen molar-refractivity contribution < 1.29 is 5.11 Å². The Bertz CT molecular complexity index is 895. The molecule has 134 valence electrons. The van der Waals surface area contributed by atoms with Crippen LogP contribution in [0.4, 0.5) is 11.6 Å². The van der Waals surface area contributed by atoms with Crippen LogP contribution in [0.5, 0.6) is 0 Å². The Morgan fingerprint density at radius 3 is 2.77 bits per heavy atom. The van der Waals surface area contributed by atoms with E-state index in [-0.39, 0.29) is 0 Å². The van der Waals surface area contributed by atoms with Gasteiger partial charge in [-0.1, -0.05) is 30.3 Å². The molecule has 4 rings (SSSR count). The summed E-state index contributed by atoms with van der Waals surface area (Å²) in [5, 5.41) is 12.8. The molecule has 6 heteroatoms. The molecule has 2 aromatic heterocycles. The zero-order chi connectivity index (χ0) is 17.9. The molecule has 0 amide bonds. The van der Waals surface area contributed by atoms with Crippen molar-refractivity contribution in [2.45, 2.75) is 12.6 Å². The van der Waals surface area contributed by atoms with Crippen molar-refractivity contribution in [1.29, 1.82) is 0 Å². The normalized spacial score (nSPS) is 18.8. The van der Waals surface area contributed by atoms with E-state index >= 15 is 0 Å². The maximum absolute atomic E-state index is 10.6. The second kappa shape index (κ2) is 7.27. The number of benzene rings is 1. The number of anilines is 2. The van der Waals surface area contributed by atoms with Gasteiger partial charge in [0.05, 0.1) is 6.10 Å². The van der Waals surface area contributed by atoms with Gasteiger partial charge < -0.3 is 15.7 Å². The summed E-state index contributed by atoms with van der Waals surface area (Å²) < 4.78 is 0. The number of hydrogen-bond donors (Lipinski definition) is 2. The van der Waals surface area contributed by atoms with E-state index in [2.05, 4.69) is 31.9 Å². The lowest BCUT2D eigenvalue weighted by molar-refractivity contribution is 0.129. The fraction of sp³-hybridized carbons (Fsp3) is 0.300. The summed E-state index contributed by atoms with van der Waals surface area (Å²) in [6, 6.07) is 14.1. The molecule has 1 aromatic carbocycles. The van der Waals surface area contributed by atoms with Gasteiger partial charge in [-0.05, 0) is 17.5 Å². The fourth-order valence-electron chi connectivity index (χ4n) is 3.57. The zero-order valence-corrected chi connectivity index (χ0v) is 14.6. The van der Waals surface area contributed by atoms with Crippen molar-refractivity contribution in [2.24, 2.45) is 0 Å². The number of pyridine rings is 2. The lowest BCUT2D eigenvalue weighted by Gasteiger charge is -2.24. The van der Waals surface area contributed by atoms with Crippen LogP contribution in [0.1, 0.15) is 5.56 Å². The van der Waals surface area contributed by atoms with Crippen LogP contribution in [0.15, 0.2) is 54.9 Å². The summed E-state index contributed by atoms with van der Waals surface area (Å²) in [4.78, 5) is 13.2. The second-order valence-corrected chi connectivity index (χ2v) is 6.74. The van der Waals surface area contributed by atoms with E-state index in [1.54, 1.807) is 6.20 Å². The Morgan fingerprint density at radius 2 is 1.88 bits per heavy atom. The molecule has 1 fully saturated rings. The highest BCUT2D eigenvalue weighted by atomic mass is 16.3. The molecule has 3 N–H and O–H groups in total.